The number of nitrogens with zero attached hydrogens (tertiary/aromatic N) is 2. The SMILES string of the molecule is CC(C)NC(=O)C(C)N1CCN(c2ccccc2F)CC1. The Bertz CT molecular complexity index is 484. The summed E-state index contributed by atoms with van der Waals surface area (Å²) in [6.45, 7) is 8.85. The molecule has 1 heterocycles. The van der Waals surface area contributed by atoms with E-state index in [4.69, 9.17) is 0 Å². The zero-order valence-electron chi connectivity index (χ0n) is 13.0. The Morgan fingerprint density at radius 3 is 2.33 bits per heavy atom. The van der Waals surface area contributed by atoms with E-state index in [1.807, 2.05) is 31.7 Å². The normalized spacial score (nSPS) is 17.9. The number of piperazine rings is 1. The smallest absolute Gasteiger partial charge is 0.237 e. The number of halogens is 1. The van der Waals surface area contributed by atoms with E-state index in [0.29, 0.717) is 5.69 Å². The van der Waals surface area contributed by atoms with Gasteiger partial charge >= 0.3 is 0 Å². The Morgan fingerprint density at radius 2 is 1.76 bits per heavy atom. The zero-order chi connectivity index (χ0) is 15.4. The number of nitrogens with one attached hydrogen (secondary N) is 1. The summed E-state index contributed by atoms with van der Waals surface area (Å²) in [5, 5.41) is 2.94. The van der Waals surface area contributed by atoms with Gasteiger partial charge in [0.1, 0.15) is 5.82 Å². The number of rotatable bonds is 4. The van der Waals surface area contributed by atoms with Crippen LogP contribution in [0.2, 0.25) is 0 Å². The second-order valence-electron chi connectivity index (χ2n) is 5.81. The van der Waals surface area contributed by atoms with Crippen molar-refractivity contribution in [3.8, 4) is 0 Å². The van der Waals surface area contributed by atoms with Crippen molar-refractivity contribution >= 4 is 11.6 Å². The first kappa shape index (κ1) is 15.8. The molecular weight excluding hydrogens is 269 g/mol. The first-order valence-electron chi connectivity index (χ1n) is 7.53. The maximum atomic E-state index is 13.8. The number of hydrogen-bond acceptors (Lipinski definition) is 3. The zero-order valence-corrected chi connectivity index (χ0v) is 13.0. The minimum absolute atomic E-state index is 0.0596. The largest absolute Gasteiger partial charge is 0.367 e. The fraction of sp³-hybridized carbons (Fsp3) is 0.562. The summed E-state index contributed by atoms with van der Waals surface area (Å²) in [5.74, 6) is -0.124. The van der Waals surface area contributed by atoms with Gasteiger partial charge in [0.25, 0.3) is 0 Å². The van der Waals surface area contributed by atoms with Crippen molar-refractivity contribution in [1.29, 1.82) is 0 Å². The van der Waals surface area contributed by atoms with Crippen molar-refractivity contribution in [1.82, 2.24) is 10.2 Å². The lowest BCUT2D eigenvalue weighted by atomic mass is 10.2. The van der Waals surface area contributed by atoms with Gasteiger partial charge in [-0.3, -0.25) is 9.69 Å². The number of carbonyl (C=O) groups excluding carboxylic acids is 1. The lowest BCUT2D eigenvalue weighted by Gasteiger charge is -2.38. The summed E-state index contributed by atoms with van der Waals surface area (Å²) in [4.78, 5) is 16.2. The third-order valence-corrected chi connectivity index (χ3v) is 3.87. The standard InChI is InChI=1S/C16H24FN3O/c1-12(2)18-16(21)13(3)19-8-10-20(11-9-19)15-7-5-4-6-14(15)17/h4-7,12-13H,8-11H2,1-3H3,(H,18,21). The van der Waals surface area contributed by atoms with Gasteiger partial charge in [-0.1, -0.05) is 12.1 Å². The van der Waals surface area contributed by atoms with Crippen LogP contribution in [0.25, 0.3) is 0 Å². The molecule has 1 atom stereocenters. The van der Waals surface area contributed by atoms with E-state index < -0.39 is 0 Å². The summed E-state index contributed by atoms with van der Waals surface area (Å²) >= 11 is 0. The Labute approximate surface area is 125 Å². The topological polar surface area (TPSA) is 35.6 Å². The second-order valence-corrected chi connectivity index (χ2v) is 5.81. The fourth-order valence-electron chi connectivity index (χ4n) is 2.63. The van der Waals surface area contributed by atoms with Crippen molar-refractivity contribution in [2.24, 2.45) is 0 Å². The third kappa shape index (κ3) is 3.94. The number of benzene rings is 1. The molecule has 1 aliphatic rings. The van der Waals surface area contributed by atoms with Gasteiger partial charge in [-0.15, -0.1) is 0 Å². The van der Waals surface area contributed by atoms with Gasteiger partial charge in [0.05, 0.1) is 11.7 Å². The molecule has 21 heavy (non-hydrogen) atoms. The highest BCUT2D eigenvalue weighted by Crippen LogP contribution is 2.20. The minimum Gasteiger partial charge on any atom is -0.367 e. The highest BCUT2D eigenvalue weighted by molar-refractivity contribution is 5.81. The Hall–Kier alpha value is -1.62. The van der Waals surface area contributed by atoms with Crippen molar-refractivity contribution in [3.63, 3.8) is 0 Å². The average Bonchev–Trinajstić information content (AvgIpc) is 2.46. The van der Waals surface area contributed by atoms with Crippen molar-refractivity contribution in [2.45, 2.75) is 32.9 Å². The van der Waals surface area contributed by atoms with Crippen LogP contribution in [0.1, 0.15) is 20.8 Å². The molecule has 0 aromatic heterocycles. The van der Waals surface area contributed by atoms with Crippen molar-refractivity contribution in [3.05, 3.63) is 30.1 Å². The second kappa shape index (κ2) is 6.89. The Morgan fingerprint density at radius 1 is 1.14 bits per heavy atom. The lowest BCUT2D eigenvalue weighted by Crippen LogP contribution is -2.54. The Kier molecular flexibility index (Phi) is 5.17. The predicted octanol–water partition coefficient (Wildman–Crippen LogP) is 1.86. The van der Waals surface area contributed by atoms with Crippen LogP contribution < -0.4 is 10.2 Å². The van der Waals surface area contributed by atoms with Crippen LogP contribution in [0.4, 0.5) is 10.1 Å². The maximum Gasteiger partial charge on any atom is 0.237 e. The molecule has 5 heteroatoms. The summed E-state index contributed by atoms with van der Waals surface area (Å²) in [6.07, 6.45) is 0. The molecule has 1 aromatic carbocycles. The van der Waals surface area contributed by atoms with E-state index in [1.54, 1.807) is 12.1 Å². The number of hydrogen-bond donors (Lipinski definition) is 1. The number of amides is 1. The quantitative estimate of drug-likeness (QED) is 0.920. The maximum absolute atomic E-state index is 13.8. The van der Waals surface area contributed by atoms with Gasteiger partial charge < -0.3 is 10.2 Å². The molecule has 1 fully saturated rings. The molecule has 0 saturated carbocycles. The molecule has 1 aliphatic heterocycles. The molecule has 2 rings (SSSR count). The molecule has 0 spiro atoms. The fourth-order valence-corrected chi connectivity index (χ4v) is 2.63. The molecule has 116 valence electrons. The highest BCUT2D eigenvalue weighted by Gasteiger charge is 2.26. The van der Waals surface area contributed by atoms with Crippen LogP contribution in [-0.2, 0) is 4.79 Å². The minimum atomic E-state index is -0.184. The molecule has 0 aliphatic carbocycles. The van der Waals surface area contributed by atoms with Crippen molar-refractivity contribution in [2.75, 3.05) is 31.1 Å². The van der Waals surface area contributed by atoms with E-state index in [9.17, 15) is 9.18 Å². The van der Waals surface area contributed by atoms with E-state index in [1.165, 1.54) is 6.07 Å². The predicted molar refractivity (Wildman–Crippen MR) is 82.9 cm³/mol. The van der Waals surface area contributed by atoms with Crippen molar-refractivity contribution < 1.29 is 9.18 Å². The van der Waals surface area contributed by atoms with E-state index in [0.717, 1.165) is 26.2 Å². The average molecular weight is 293 g/mol. The molecular formula is C16H24FN3O. The van der Waals surface area contributed by atoms with Gasteiger partial charge in [-0.05, 0) is 32.9 Å². The van der Waals surface area contributed by atoms with Crippen LogP contribution in [0.5, 0.6) is 0 Å². The van der Waals surface area contributed by atoms with E-state index in [-0.39, 0.29) is 23.8 Å². The number of para-hydroxylation sites is 1. The third-order valence-electron chi connectivity index (χ3n) is 3.87. The highest BCUT2D eigenvalue weighted by atomic mass is 19.1. The summed E-state index contributed by atoms with van der Waals surface area (Å²) < 4.78 is 13.8. The van der Waals surface area contributed by atoms with Gasteiger partial charge in [0.15, 0.2) is 0 Å². The lowest BCUT2D eigenvalue weighted by molar-refractivity contribution is -0.126. The summed E-state index contributed by atoms with van der Waals surface area (Å²) in [6, 6.07) is 6.85. The first-order chi connectivity index (χ1) is 9.99. The monoisotopic (exact) mass is 293 g/mol. The van der Waals surface area contributed by atoms with Crippen LogP contribution in [0.15, 0.2) is 24.3 Å². The Balaban J connectivity index is 1.91. The van der Waals surface area contributed by atoms with E-state index >= 15 is 0 Å². The summed E-state index contributed by atoms with van der Waals surface area (Å²) in [5.41, 5.74) is 0.649. The molecule has 1 N–H and O–H groups in total. The molecule has 1 aromatic rings. The van der Waals surface area contributed by atoms with Gasteiger partial charge in [0, 0.05) is 32.2 Å². The van der Waals surface area contributed by atoms with Crippen LogP contribution in [0, 0.1) is 5.82 Å². The molecule has 0 bridgehead atoms. The summed E-state index contributed by atoms with van der Waals surface area (Å²) in [7, 11) is 0. The van der Waals surface area contributed by atoms with Crippen LogP contribution >= 0.6 is 0 Å². The van der Waals surface area contributed by atoms with Crippen LogP contribution in [-0.4, -0.2) is 49.1 Å². The number of anilines is 1. The molecule has 1 saturated heterocycles. The molecule has 1 amide bonds. The first-order valence-corrected chi connectivity index (χ1v) is 7.53. The molecule has 1 unspecified atom stereocenters. The van der Waals surface area contributed by atoms with E-state index in [2.05, 4.69) is 10.2 Å². The van der Waals surface area contributed by atoms with Gasteiger partial charge in [-0.2, -0.15) is 0 Å². The van der Waals surface area contributed by atoms with Gasteiger partial charge in [0.2, 0.25) is 5.91 Å². The van der Waals surface area contributed by atoms with Crippen LogP contribution in [0.3, 0.4) is 0 Å². The molecule has 4 nitrogen and oxygen atoms in total. The van der Waals surface area contributed by atoms with Gasteiger partial charge in [-0.25, -0.2) is 4.39 Å². The number of carbonyl (C=O) groups is 1. The molecule has 0 radical (unpaired) electrons.